The van der Waals surface area contributed by atoms with Crippen LogP contribution in [0.2, 0.25) is 0 Å². The molecule has 2 rings (SSSR count). The van der Waals surface area contributed by atoms with E-state index in [2.05, 4.69) is 4.99 Å². The minimum Gasteiger partial charge on any atom is -0.369 e. The largest absolute Gasteiger partial charge is 0.369 e. The summed E-state index contributed by atoms with van der Waals surface area (Å²) in [6, 6.07) is 3.98. The standard InChI is InChI=1S/C15H19N3O2S2/c1-9(2)7-18-14(20)12(6-11-5-4-10(3)22-11)17-15(18)21-8-13(16)19/h4-6,9H,7-8H2,1-3H3,(H2,16,19). The lowest BCUT2D eigenvalue weighted by molar-refractivity contribution is -0.123. The molecule has 0 atom stereocenters. The first-order valence-electron chi connectivity index (χ1n) is 6.96. The van der Waals surface area contributed by atoms with Gasteiger partial charge in [0.05, 0.1) is 5.75 Å². The first kappa shape index (κ1) is 16.8. The minimum atomic E-state index is -0.420. The summed E-state index contributed by atoms with van der Waals surface area (Å²) in [5, 5.41) is 0.553. The molecule has 2 amide bonds. The summed E-state index contributed by atoms with van der Waals surface area (Å²) in [5.74, 6) is -0.110. The number of hydrogen-bond donors (Lipinski definition) is 1. The number of thiophene rings is 1. The van der Waals surface area contributed by atoms with E-state index in [0.717, 1.165) is 4.88 Å². The van der Waals surface area contributed by atoms with Crippen LogP contribution in [-0.2, 0) is 9.59 Å². The first-order chi connectivity index (χ1) is 10.4. The topological polar surface area (TPSA) is 75.8 Å². The smallest absolute Gasteiger partial charge is 0.278 e. The van der Waals surface area contributed by atoms with Crippen LogP contribution < -0.4 is 5.73 Å². The van der Waals surface area contributed by atoms with Gasteiger partial charge >= 0.3 is 0 Å². The van der Waals surface area contributed by atoms with E-state index in [1.165, 1.54) is 16.6 Å². The molecule has 0 spiro atoms. The maximum absolute atomic E-state index is 12.5. The third-order valence-corrected chi connectivity index (χ3v) is 4.79. The predicted octanol–water partition coefficient (Wildman–Crippen LogP) is 2.47. The molecule has 1 aromatic heterocycles. The molecule has 118 valence electrons. The number of amides is 2. The van der Waals surface area contributed by atoms with Crippen molar-refractivity contribution in [1.82, 2.24) is 4.90 Å². The highest BCUT2D eigenvalue weighted by Crippen LogP contribution is 2.26. The molecule has 1 aromatic rings. The normalized spacial score (nSPS) is 16.7. The fourth-order valence-electron chi connectivity index (χ4n) is 1.97. The summed E-state index contributed by atoms with van der Waals surface area (Å²) in [6.45, 7) is 6.66. The average Bonchev–Trinajstić information content (AvgIpc) is 2.95. The second kappa shape index (κ2) is 7.11. The predicted molar refractivity (Wildman–Crippen MR) is 92.7 cm³/mol. The van der Waals surface area contributed by atoms with Gasteiger partial charge in [-0.3, -0.25) is 14.5 Å². The Kier molecular flexibility index (Phi) is 5.42. The van der Waals surface area contributed by atoms with Crippen LogP contribution in [0, 0.1) is 12.8 Å². The van der Waals surface area contributed by atoms with Gasteiger partial charge in [-0.1, -0.05) is 25.6 Å². The average molecular weight is 337 g/mol. The van der Waals surface area contributed by atoms with Crippen molar-refractivity contribution < 1.29 is 9.59 Å². The van der Waals surface area contributed by atoms with Gasteiger partial charge < -0.3 is 5.73 Å². The molecule has 2 heterocycles. The molecule has 0 saturated heterocycles. The molecule has 22 heavy (non-hydrogen) atoms. The Morgan fingerprint density at radius 2 is 2.23 bits per heavy atom. The summed E-state index contributed by atoms with van der Waals surface area (Å²) in [7, 11) is 0. The van der Waals surface area contributed by atoms with Crippen molar-refractivity contribution in [3.8, 4) is 0 Å². The molecule has 1 aliphatic rings. The number of amidine groups is 1. The van der Waals surface area contributed by atoms with Crippen molar-refractivity contribution in [3.05, 3.63) is 27.6 Å². The summed E-state index contributed by atoms with van der Waals surface area (Å²) < 4.78 is 0. The molecule has 0 fully saturated rings. The van der Waals surface area contributed by atoms with Gasteiger partial charge in [0.2, 0.25) is 5.91 Å². The van der Waals surface area contributed by atoms with Crippen LogP contribution in [0.5, 0.6) is 0 Å². The van der Waals surface area contributed by atoms with Gasteiger partial charge in [0.25, 0.3) is 5.91 Å². The monoisotopic (exact) mass is 337 g/mol. The highest BCUT2D eigenvalue weighted by Gasteiger charge is 2.31. The quantitative estimate of drug-likeness (QED) is 0.839. The van der Waals surface area contributed by atoms with E-state index >= 15 is 0 Å². The lowest BCUT2D eigenvalue weighted by Crippen LogP contribution is -2.34. The number of nitrogens with two attached hydrogens (primary N) is 1. The summed E-state index contributed by atoms with van der Waals surface area (Å²) >= 11 is 2.82. The zero-order valence-electron chi connectivity index (χ0n) is 12.8. The van der Waals surface area contributed by atoms with Crippen LogP contribution in [0.15, 0.2) is 22.8 Å². The number of thioether (sulfide) groups is 1. The van der Waals surface area contributed by atoms with Gasteiger partial charge in [-0.2, -0.15) is 0 Å². The number of carbonyl (C=O) groups excluding carboxylic acids is 2. The van der Waals surface area contributed by atoms with Crippen LogP contribution >= 0.6 is 23.1 Å². The molecule has 0 aliphatic carbocycles. The van der Waals surface area contributed by atoms with Gasteiger partial charge in [0.1, 0.15) is 5.70 Å². The molecule has 0 saturated carbocycles. The Morgan fingerprint density at radius 3 is 2.77 bits per heavy atom. The summed E-state index contributed by atoms with van der Waals surface area (Å²) in [4.78, 5) is 31.7. The molecule has 0 bridgehead atoms. The molecular formula is C15H19N3O2S2. The van der Waals surface area contributed by atoms with E-state index < -0.39 is 5.91 Å². The molecular weight excluding hydrogens is 318 g/mol. The first-order valence-corrected chi connectivity index (χ1v) is 8.77. The summed E-state index contributed by atoms with van der Waals surface area (Å²) in [5.41, 5.74) is 5.59. The number of primary amides is 1. The Labute approximate surface area is 138 Å². The third-order valence-electron chi connectivity index (χ3n) is 2.84. The Balaban J connectivity index is 2.25. The van der Waals surface area contributed by atoms with Crippen molar-refractivity contribution in [2.75, 3.05) is 12.3 Å². The molecule has 2 N–H and O–H groups in total. The summed E-state index contributed by atoms with van der Waals surface area (Å²) in [6.07, 6.45) is 1.80. The minimum absolute atomic E-state index is 0.117. The van der Waals surface area contributed by atoms with E-state index in [1.807, 2.05) is 32.9 Å². The number of hydrogen-bond acceptors (Lipinski definition) is 5. The van der Waals surface area contributed by atoms with Crippen LogP contribution in [0.1, 0.15) is 23.6 Å². The fraction of sp³-hybridized carbons (Fsp3) is 0.400. The van der Waals surface area contributed by atoms with E-state index in [4.69, 9.17) is 5.73 Å². The van der Waals surface area contributed by atoms with Gasteiger partial charge in [0, 0.05) is 16.3 Å². The number of nitrogens with zero attached hydrogens (tertiary/aromatic N) is 2. The van der Waals surface area contributed by atoms with Crippen molar-refractivity contribution in [3.63, 3.8) is 0 Å². The number of rotatable bonds is 5. The van der Waals surface area contributed by atoms with Crippen molar-refractivity contribution >= 4 is 46.2 Å². The second-order valence-electron chi connectivity index (χ2n) is 5.44. The highest BCUT2D eigenvalue weighted by molar-refractivity contribution is 8.14. The van der Waals surface area contributed by atoms with Gasteiger partial charge in [0.15, 0.2) is 5.17 Å². The van der Waals surface area contributed by atoms with Crippen molar-refractivity contribution in [2.45, 2.75) is 20.8 Å². The van der Waals surface area contributed by atoms with Crippen LogP contribution in [-0.4, -0.2) is 34.2 Å². The Bertz CT molecular complexity index is 647. The third kappa shape index (κ3) is 4.20. The fourth-order valence-corrected chi connectivity index (χ4v) is 3.53. The van der Waals surface area contributed by atoms with Crippen LogP contribution in [0.25, 0.3) is 6.08 Å². The van der Waals surface area contributed by atoms with E-state index in [9.17, 15) is 9.59 Å². The molecule has 7 heteroatoms. The van der Waals surface area contributed by atoms with Crippen LogP contribution in [0.3, 0.4) is 0 Å². The molecule has 0 radical (unpaired) electrons. The van der Waals surface area contributed by atoms with Crippen molar-refractivity contribution in [2.24, 2.45) is 16.6 Å². The number of carbonyl (C=O) groups is 2. The Morgan fingerprint density at radius 1 is 1.50 bits per heavy atom. The number of aryl methyl sites for hydroxylation is 1. The maximum Gasteiger partial charge on any atom is 0.278 e. The lowest BCUT2D eigenvalue weighted by atomic mass is 10.2. The van der Waals surface area contributed by atoms with Crippen molar-refractivity contribution in [1.29, 1.82) is 0 Å². The molecule has 0 aromatic carbocycles. The zero-order chi connectivity index (χ0) is 16.3. The SMILES string of the molecule is Cc1ccc(C=C2N=C(SCC(N)=O)N(CC(C)C)C2=O)s1. The van der Waals surface area contributed by atoms with E-state index in [1.54, 1.807) is 22.3 Å². The Hall–Kier alpha value is -1.60. The molecule has 1 aliphatic heterocycles. The van der Waals surface area contributed by atoms with Gasteiger partial charge in [-0.25, -0.2) is 4.99 Å². The van der Waals surface area contributed by atoms with E-state index in [-0.39, 0.29) is 11.7 Å². The maximum atomic E-state index is 12.5. The number of aliphatic imine (C=N–C) groups is 1. The van der Waals surface area contributed by atoms with E-state index in [0.29, 0.717) is 23.3 Å². The van der Waals surface area contributed by atoms with Crippen LogP contribution in [0.4, 0.5) is 0 Å². The molecule has 0 unspecified atom stereocenters. The van der Waals surface area contributed by atoms with Gasteiger partial charge in [-0.05, 0) is 31.1 Å². The lowest BCUT2D eigenvalue weighted by Gasteiger charge is -2.19. The van der Waals surface area contributed by atoms with Gasteiger partial charge in [-0.15, -0.1) is 11.3 Å². The zero-order valence-corrected chi connectivity index (χ0v) is 14.5. The molecule has 5 nitrogen and oxygen atoms in total. The second-order valence-corrected chi connectivity index (χ2v) is 7.70. The highest BCUT2D eigenvalue weighted by atomic mass is 32.2.